The summed E-state index contributed by atoms with van der Waals surface area (Å²) in [5.74, 6) is 0.141. The number of hydrogen-bond acceptors (Lipinski definition) is 6. The van der Waals surface area contributed by atoms with Crippen LogP contribution in [-0.4, -0.2) is 25.7 Å². The fraction of sp³-hybridized carbons (Fsp3) is 0.125. The average molecular weight is 361 g/mol. The molecular formula is C16H15N3O3S2. The van der Waals surface area contributed by atoms with E-state index in [2.05, 4.69) is 14.9 Å². The van der Waals surface area contributed by atoms with Crippen molar-refractivity contribution in [3.63, 3.8) is 0 Å². The van der Waals surface area contributed by atoms with Crippen LogP contribution >= 0.6 is 11.3 Å². The molecule has 0 saturated carbocycles. The summed E-state index contributed by atoms with van der Waals surface area (Å²) in [7, 11) is -2.38. The molecule has 0 fully saturated rings. The van der Waals surface area contributed by atoms with Gasteiger partial charge in [0.05, 0.1) is 19.0 Å². The molecule has 8 heteroatoms. The van der Waals surface area contributed by atoms with Crippen molar-refractivity contribution in [1.29, 1.82) is 0 Å². The third-order valence-electron chi connectivity index (χ3n) is 3.41. The third kappa shape index (κ3) is 3.39. The van der Waals surface area contributed by atoms with Crippen molar-refractivity contribution in [1.82, 2.24) is 10.2 Å². The minimum atomic E-state index is -3.78. The maximum Gasteiger partial charge on any atom is 0.263 e. The Morgan fingerprint density at radius 2 is 2.04 bits per heavy atom. The number of thiophene rings is 1. The van der Waals surface area contributed by atoms with Gasteiger partial charge in [0.15, 0.2) is 0 Å². The number of sulfonamides is 1. The first kappa shape index (κ1) is 16.4. The SMILES string of the molecule is COc1cc(S(=O)(=O)Nc2cc(-c3cccs3)ccc2C)cnn1. The van der Waals surface area contributed by atoms with Gasteiger partial charge in [-0.3, -0.25) is 4.72 Å². The lowest BCUT2D eigenvalue weighted by molar-refractivity contribution is 0.390. The van der Waals surface area contributed by atoms with Crippen molar-refractivity contribution in [2.75, 3.05) is 11.8 Å². The summed E-state index contributed by atoms with van der Waals surface area (Å²) in [5.41, 5.74) is 2.31. The van der Waals surface area contributed by atoms with Crippen LogP contribution in [0.25, 0.3) is 10.4 Å². The Labute approximate surface area is 144 Å². The molecule has 3 aromatic rings. The standard InChI is InChI=1S/C16H15N3O3S2/c1-11-5-6-12(15-4-3-7-23-15)8-14(11)19-24(20,21)13-9-16(22-2)18-17-10-13/h3-10,19H,1-2H3. The van der Waals surface area contributed by atoms with E-state index in [1.165, 1.54) is 19.4 Å². The van der Waals surface area contributed by atoms with Crippen molar-refractivity contribution in [3.8, 4) is 16.3 Å². The Hall–Kier alpha value is -2.45. The topological polar surface area (TPSA) is 81.2 Å². The van der Waals surface area contributed by atoms with E-state index >= 15 is 0 Å². The number of aromatic nitrogens is 2. The molecule has 6 nitrogen and oxygen atoms in total. The van der Waals surface area contributed by atoms with E-state index in [9.17, 15) is 8.42 Å². The molecule has 24 heavy (non-hydrogen) atoms. The van der Waals surface area contributed by atoms with Gasteiger partial charge in [0.2, 0.25) is 5.88 Å². The van der Waals surface area contributed by atoms with Gasteiger partial charge in [-0.15, -0.1) is 16.4 Å². The van der Waals surface area contributed by atoms with Crippen LogP contribution in [0.4, 0.5) is 5.69 Å². The van der Waals surface area contributed by atoms with E-state index in [-0.39, 0.29) is 10.8 Å². The number of methoxy groups -OCH3 is 1. The maximum absolute atomic E-state index is 12.6. The Morgan fingerprint density at radius 1 is 1.21 bits per heavy atom. The number of anilines is 1. The molecule has 0 atom stereocenters. The van der Waals surface area contributed by atoms with Crippen molar-refractivity contribution < 1.29 is 13.2 Å². The molecule has 3 rings (SSSR count). The van der Waals surface area contributed by atoms with E-state index in [0.29, 0.717) is 5.69 Å². The molecule has 0 amide bonds. The number of nitrogens with one attached hydrogen (secondary N) is 1. The molecule has 2 aromatic heterocycles. The van der Waals surface area contributed by atoms with Gasteiger partial charge in [-0.1, -0.05) is 18.2 Å². The normalized spacial score (nSPS) is 11.2. The summed E-state index contributed by atoms with van der Waals surface area (Å²) in [6.07, 6.45) is 1.18. The van der Waals surface area contributed by atoms with Gasteiger partial charge in [0.1, 0.15) is 4.90 Å². The Morgan fingerprint density at radius 3 is 2.75 bits per heavy atom. The first-order valence-electron chi connectivity index (χ1n) is 7.03. The number of hydrogen-bond donors (Lipinski definition) is 1. The van der Waals surface area contributed by atoms with Gasteiger partial charge in [-0.2, -0.15) is 5.10 Å². The van der Waals surface area contributed by atoms with E-state index in [0.717, 1.165) is 16.0 Å². The number of nitrogens with zero attached hydrogens (tertiary/aromatic N) is 2. The van der Waals surface area contributed by atoms with Crippen LogP contribution in [0.1, 0.15) is 5.56 Å². The van der Waals surface area contributed by atoms with Crippen LogP contribution in [0.15, 0.2) is 52.9 Å². The van der Waals surface area contributed by atoms with Gasteiger partial charge in [-0.25, -0.2) is 8.42 Å². The summed E-state index contributed by atoms with van der Waals surface area (Å²) in [5, 5.41) is 9.31. The molecule has 0 radical (unpaired) electrons. The monoisotopic (exact) mass is 361 g/mol. The maximum atomic E-state index is 12.6. The highest BCUT2D eigenvalue weighted by Gasteiger charge is 2.17. The van der Waals surface area contributed by atoms with Crippen LogP contribution in [0.3, 0.4) is 0 Å². The molecule has 0 saturated heterocycles. The molecule has 0 aliphatic heterocycles. The zero-order valence-electron chi connectivity index (χ0n) is 13.1. The van der Waals surface area contributed by atoms with Gasteiger partial charge < -0.3 is 4.74 Å². The van der Waals surface area contributed by atoms with Crippen molar-refractivity contribution in [3.05, 3.63) is 53.5 Å². The van der Waals surface area contributed by atoms with Crippen LogP contribution in [0.2, 0.25) is 0 Å². The molecular weight excluding hydrogens is 346 g/mol. The van der Waals surface area contributed by atoms with Crippen molar-refractivity contribution in [2.45, 2.75) is 11.8 Å². The second-order valence-electron chi connectivity index (χ2n) is 5.05. The van der Waals surface area contributed by atoms with E-state index in [1.807, 2.05) is 42.6 Å². The highest BCUT2D eigenvalue weighted by Crippen LogP contribution is 2.30. The summed E-state index contributed by atoms with van der Waals surface area (Å²) >= 11 is 1.60. The summed E-state index contributed by atoms with van der Waals surface area (Å²) in [6.45, 7) is 1.85. The van der Waals surface area contributed by atoms with E-state index < -0.39 is 10.0 Å². The minimum absolute atomic E-state index is 0.00437. The number of benzene rings is 1. The minimum Gasteiger partial charge on any atom is -0.480 e. The first-order chi connectivity index (χ1) is 11.5. The third-order valence-corrected chi connectivity index (χ3v) is 5.67. The predicted octanol–water partition coefficient (Wildman–Crippen LogP) is 3.32. The van der Waals surface area contributed by atoms with Gasteiger partial charge >= 0.3 is 0 Å². The van der Waals surface area contributed by atoms with Gasteiger partial charge in [0.25, 0.3) is 10.0 Å². The molecule has 2 heterocycles. The number of rotatable bonds is 5. The highest BCUT2D eigenvalue weighted by molar-refractivity contribution is 7.92. The molecule has 1 aromatic carbocycles. The van der Waals surface area contributed by atoms with Crippen LogP contribution in [0, 0.1) is 6.92 Å². The van der Waals surface area contributed by atoms with E-state index in [4.69, 9.17) is 4.74 Å². The largest absolute Gasteiger partial charge is 0.480 e. The first-order valence-corrected chi connectivity index (χ1v) is 9.40. The fourth-order valence-electron chi connectivity index (χ4n) is 2.11. The fourth-order valence-corrected chi connectivity index (χ4v) is 3.90. The zero-order chi connectivity index (χ0) is 17.2. The van der Waals surface area contributed by atoms with Crippen molar-refractivity contribution >= 4 is 27.0 Å². The Bertz CT molecular complexity index is 954. The molecule has 124 valence electrons. The lowest BCUT2D eigenvalue weighted by Crippen LogP contribution is -2.14. The zero-order valence-corrected chi connectivity index (χ0v) is 14.7. The van der Waals surface area contributed by atoms with E-state index in [1.54, 1.807) is 11.3 Å². The predicted molar refractivity (Wildman–Crippen MR) is 93.9 cm³/mol. The van der Waals surface area contributed by atoms with Crippen LogP contribution < -0.4 is 9.46 Å². The van der Waals surface area contributed by atoms with Crippen molar-refractivity contribution in [2.24, 2.45) is 0 Å². The summed E-state index contributed by atoms with van der Waals surface area (Å²) < 4.78 is 32.7. The quantitative estimate of drug-likeness (QED) is 0.754. The molecule has 0 aliphatic rings. The summed E-state index contributed by atoms with van der Waals surface area (Å²) in [4.78, 5) is 1.07. The molecule has 1 N–H and O–H groups in total. The smallest absolute Gasteiger partial charge is 0.263 e. The molecule has 0 bridgehead atoms. The molecule has 0 aliphatic carbocycles. The van der Waals surface area contributed by atoms with Crippen LogP contribution in [-0.2, 0) is 10.0 Å². The Balaban J connectivity index is 1.96. The lowest BCUT2D eigenvalue weighted by atomic mass is 10.1. The van der Waals surface area contributed by atoms with Gasteiger partial charge in [-0.05, 0) is 35.6 Å². The summed E-state index contributed by atoms with van der Waals surface area (Å²) in [6, 6.07) is 11.0. The van der Waals surface area contributed by atoms with Gasteiger partial charge in [0, 0.05) is 10.9 Å². The number of aryl methyl sites for hydroxylation is 1. The average Bonchev–Trinajstić information content (AvgIpc) is 3.11. The lowest BCUT2D eigenvalue weighted by Gasteiger charge is -2.12. The number of ether oxygens (including phenoxy) is 1. The Kier molecular flexibility index (Phi) is 4.50. The highest BCUT2D eigenvalue weighted by atomic mass is 32.2. The van der Waals surface area contributed by atoms with Crippen LogP contribution in [0.5, 0.6) is 5.88 Å². The second-order valence-corrected chi connectivity index (χ2v) is 7.68. The second kappa shape index (κ2) is 6.58. The molecule has 0 spiro atoms. The molecule has 0 unspecified atom stereocenters.